The van der Waals surface area contributed by atoms with Crippen LogP contribution in [0.1, 0.15) is 20.3 Å². The molecule has 0 aromatic rings. The van der Waals surface area contributed by atoms with Gasteiger partial charge < -0.3 is 5.32 Å². The zero-order valence-electron chi connectivity index (χ0n) is 8.46. The lowest BCUT2D eigenvalue weighted by Gasteiger charge is -2.24. The highest BCUT2D eigenvalue weighted by Crippen LogP contribution is 1.96. The molecule has 0 heterocycles. The van der Waals surface area contributed by atoms with Gasteiger partial charge in [-0.1, -0.05) is 6.92 Å². The van der Waals surface area contributed by atoms with Gasteiger partial charge in [0.15, 0.2) is 0 Å². The summed E-state index contributed by atoms with van der Waals surface area (Å²) < 4.78 is 0. The lowest BCUT2D eigenvalue weighted by atomic mass is 10.2. The molecule has 0 aliphatic rings. The molecule has 0 fully saturated rings. The van der Waals surface area contributed by atoms with Crippen molar-refractivity contribution < 1.29 is 0 Å². The lowest BCUT2D eigenvalue weighted by Crippen LogP contribution is -2.42. The number of nitriles is 1. The van der Waals surface area contributed by atoms with E-state index >= 15 is 0 Å². The largest absolute Gasteiger partial charge is 0.300 e. The van der Waals surface area contributed by atoms with Crippen LogP contribution >= 0.6 is 0 Å². The van der Waals surface area contributed by atoms with Crippen LogP contribution in [-0.2, 0) is 0 Å². The molecule has 0 aliphatic heterocycles. The van der Waals surface area contributed by atoms with E-state index in [2.05, 4.69) is 23.2 Å². The Kier molecular flexibility index (Phi) is 5.69. The minimum absolute atomic E-state index is 0.0963. The van der Waals surface area contributed by atoms with Crippen LogP contribution in [0.2, 0.25) is 0 Å². The van der Waals surface area contributed by atoms with Crippen molar-refractivity contribution in [1.29, 1.82) is 5.26 Å². The molecule has 0 saturated carbocycles. The van der Waals surface area contributed by atoms with E-state index in [-0.39, 0.29) is 5.92 Å². The first-order chi connectivity index (χ1) is 5.61. The molecule has 1 N–H and O–H groups in total. The van der Waals surface area contributed by atoms with Crippen molar-refractivity contribution in [2.75, 3.05) is 20.6 Å². The van der Waals surface area contributed by atoms with Crippen molar-refractivity contribution in [2.45, 2.75) is 26.4 Å². The third kappa shape index (κ3) is 4.32. The van der Waals surface area contributed by atoms with Gasteiger partial charge in [-0.05, 0) is 27.4 Å². The second-order valence-electron chi connectivity index (χ2n) is 3.33. The summed E-state index contributed by atoms with van der Waals surface area (Å²) in [6.07, 6.45) is 1.45. The van der Waals surface area contributed by atoms with E-state index in [1.807, 2.05) is 21.0 Å². The fourth-order valence-electron chi connectivity index (χ4n) is 1.05. The molecule has 0 aromatic heterocycles. The Bertz CT molecular complexity index is 148. The van der Waals surface area contributed by atoms with E-state index < -0.39 is 0 Å². The number of rotatable bonds is 5. The topological polar surface area (TPSA) is 39.1 Å². The Labute approximate surface area is 75.4 Å². The van der Waals surface area contributed by atoms with Gasteiger partial charge in [-0.2, -0.15) is 5.26 Å². The van der Waals surface area contributed by atoms with E-state index in [0.717, 1.165) is 13.0 Å². The molecule has 0 aliphatic carbocycles. The Balaban J connectivity index is 3.67. The first-order valence-corrected chi connectivity index (χ1v) is 4.41. The standard InChI is InChI=1S/C9H19N3/c1-5-9(12(3)4)11-7-8(2)6-10/h8-9,11H,5,7H2,1-4H3. The van der Waals surface area contributed by atoms with Gasteiger partial charge in [-0.15, -0.1) is 0 Å². The molecule has 12 heavy (non-hydrogen) atoms. The second kappa shape index (κ2) is 5.99. The van der Waals surface area contributed by atoms with Gasteiger partial charge in [0.1, 0.15) is 0 Å². The highest BCUT2D eigenvalue weighted by Gasteiger charge is 2.08. The summed E-state index contributed by atoms with van der Waals surface area (Å²) in [5.41, 5.74) is 0. The minimum Gasteiger partial charge on any atom is -0.300 e. The maximum absolute atomic E-state index is 8.56. The van der Waals surface area contributed by atoms with Crippen LogP contribution in [-0.4, -0.2) is 31.7 Å². The Morgan fingerprint density at radius 3 is 2.42 bits per heavy atom. The first kappa shape index (κ1) is 11.4. The molecule has 2 unspecified atom stereocenters. The fourth-order valence-corrected chi connectivity index (χ4v) is 1.05. The highest BCUT2D eigenvalue weighted by molar-refractivity contribution is 4.81. The maximum atomic E-state index is 8.56. The smallest absolute Gasteiger partial charge is 0.0666 e. The van der Waals surface area contributed by atoms with Crippen molar-refractivity contribution in [3.05, 3.63) is 0 Å². The van der Waals surface area contributed by atoms with Gasteiger partial charge in [0.25, 0.3) is 0 Å². The predicted molar refractivity (Wildman–Crippen MR) is 50.5 cm³/mol. The van der Waals surface area contributed by atoms with Crippen LogP contribution in [0.5, 0.6) is 0 Å². The highest BCUT2D eigenvalue weighted by atomic mass is 15.2. The molecule has 2 atom stereocenters. The Morgan fingerprint density at radius 2 is 2.08 bits per heavy atom. The van der Waals surface area contributed by atoms with Crippen LogP contribution in [0, 0.1) is 17.2 Å². The predicted octanol–water partition coefficient (Wildman–Crippen LogP) is 1.03. The summed E-state index contributed by atoms with van der Waals surface area (Å²) in [6.45, 7) is 4.83. The van der Waals surface area contributed by atoms with Crippen molar-refractivity contribution >= 4 is 0 Å². The van der Waals surface area contributed by atoms with Gasteiger partial charge in [0, 0.05) is 6.54 Å². The Hall–Kier alpha value is -0.590. The lowest BCUT2D eigenvalue weighted by molar-refractivity contribution is 0.235. The average Bonchev–Trinajstić information content (AvgIpc) is 2.04. The quantitative estimate of drug-likeness (QED) is 0.625. The van der Waals surface area contributed by atoms with E-state index in [4.69, 9.17) is 5.26 Å². The fraction of sp³-hybridized carbons (Fsp3) is 0.889. The van der Waals surface area contributed by atoms with Gasteiger partial charge in [-0.25, -0.2) is 0 Å². The second-order valence-corrected chi connectivity index (χ2v) is 3.33. The molecule has 0 amide bonds. The molecule has 3 heteroatoms. The molecule has 0 spiro atoms. The van der Waals surface area contributed by atoms with E-state index in [1.54, 1.807) is 0 Å². The third-order valence-corrected chi connectivity index (χ3v) is 1.89. The molecule has 0 bridgehead atoms. The van der Waals surface area contributed by atoms with Crippen LogP contribution in [0.15, 0.2) is 0 Å². The third-order valence-electron chi connectivity index (χ3n) is 1.89. The SMILES string of the molecule is CCC(NCC(C)C#N)N(C)C. The number of nitrogens with zero attached hydrogens (tertiary/aromatic N) is 2. The van der Waals surface area contributed by atoms with Crippen LogP contribution in [0.4, 0.5) is 0 Å². The number of hydrogen-bond donors (Lipinski definition) is 1. The average molecular weight is 169 g/mol. The van der Waals surface area contributed by atoms with Crippen LogP contribution in [0.3, 0.4) is 0 Å². The molecule has 0 aromatic carbocycles. The summed E-state index contributed by atoms with van der Waals surface area (Å²) in [4.78, 5) is 2.13. The summed E-state index contributed by atoms with van der Waals surface area (Å²) in [6, 6.07) is 2.20. The van der Waals surface area contributed by atoms with E-state index in [1.165, 1.54) is 0 Å². The van der Waals surface area contributed by atoms with Crippen molar-refractivity contribution in [3.63, 3.8) is 0 Å². The summed E-state index contributed by atoms with van der Waals surface area (Å²) >= 11 is 0. The minimum atomic E-state index is 0.0963. The molecule has 0 radical (unpaired) electrons. The normalized spacial score (nSPS) is 15.7. The van der Waals surface area contributed by atoms with Gasteiger partial charge >= 0.3 is 0 Å². The van der Waals surface area contributed by atoms with E-state index in [0.29, 0.717) is 6.17 Å². The molecular weight excluding hydrogens is 150 g/mol. The van der Waals surface area contributed by atoms with E-state index in [9.17, 15) is 0 Å². The van der Waals surface area contributed by atoms with Crippen molar-refractivity contribution in [1.82, 2.24) is 10.2 Å². The molecular formula is C9H19N3. The maximum Gasteiger partial charge on any atom is 0.0666 e. The molecule has 70 valence electrons. The zero-order valence-corrected chi connectivity index (χ0v) is 8.46. The Morgan fingerprint density at radius 1 is 1.50 bits per heavy atom. The van der Waals surface area contributed by atoms with Crippen molar-refractivity contribution in [2.24, 2.45) is 5.92 Å². The van der Waals surface area contributed by atoms with Crippen LogP contribution < -0.4 is 5.32 Å². The van der Waals surface area contributed by atoms with Crippen LogP contribution in [0.25, 0.3) is 0 Å². The molecule has 0 saturated heterocycles. The number of hydrogen-bond acceptors (Lipinski definition) is 3. The number of nitrogens with one attached hydrogen (secondary N) is 1. The molecule has 3 nitrogen and oxygen atoms in total. The first-order valence-electron chi connectivity index (χ1n) is 4.41. The zero-order chi connectivity index (χ0) is 9.56. The summed E-state index contributed by atoms with van der Waals surface area (Å²) in [5.74, 6) is 0.0963. The summed E-state index contributed by atoms with van der Waals surface area (Å²) in [5, 5.41) is 11.9. The summed E-state index contributed by atoms with van der Waals surface area (Å²) in [7, 11) is 4.08. The van der Waals surface area contributed by atoms with Gasteiger partial charge in [-0.3, -0.25) is 4.90 Å². The van der Waals surface area contributed by atoms with Gasteiger partial charge in [0.05, 0.1) is 18.2 Å². The van der Waals surface area contributed by atoms with Crippen molar-refractivity contribution in [3.8, 4) is 6.07 Å². The monoisotopic (exact) mass is 169 g/mol. The van der Waals surface area contributed by atoms with Gasteiger partial charge in [0.2, 0.25) is 0 Å². The molecule has 0 rings (SSSR count).